The van der Waals surface area contributed by atoms with Crippen molar-refractivity contribution in [3.8, 4) is 0 Å². The summed E-state index contributed by atoms with van der Waals surface area (Å²) in [5, 5.41) is 2.74. The highest BCUT2D eigenvalue weighted by Gasteiger charge is 1.98. The number of hydrogen-bond donors (Lipinski definition) is 1. The predicted octanol–water partition coefficient (Wildman–Crippen LogP) is 2.13. The standard InChI is InChI=1S/C13H15NO3/c1-11(15)17-10-6-5-9-13(16)14-12-7-3-2-4-8-12/h2-8H,9-10H2,1H3,(H,14,16)/b6-5+. The average molecular weight is 233 g/mol. The van der Waals surface area contributed by atoms with Gasteiger partial charge in [0.1, 0.15) is 6.61 Å². The van der Waals surface area contributed by atoms with E-state index in [0.29, 0.717) is 0 Å². The molecule has 0 aliphatic heterocycles. The van der Waals surface area contributed by atoms with Crippen molar-refractivity contribution < 1.29 is 14.3 Å². The number of benzene rings is 1. The second-order valence-electron chi connectivity index (χ2n) is 3.39. The number of rotatable bonds is 5. The fraction of sp³-hybridized carbons (Fsp3) is 0.231. The molecule has 0 spiro atoms. The van der Waals surface area contributed by atoms with Gasteiger partial charge in [0.05, 0.1) is 0 Å². The number of ether oxygens (including phenoxy) is 1. The highest BCUT2D eigenvalue weighted by molar-refractivity contribution is 5.91. The molecule has 1 aromatic rings. The number of carbonyl (C=O) groups excluding carboxylic acids is 2. The van der Waals surface area contributed by atoms with Crippen molar-refractivity contribution in [2.45, 2.75) is 13.3 Å². The van der Waals surface area contributed by atoms with Crippen LogP contribution in [0.25, 0.3) is 0 Å². The second kappa shape index (κ2) is 7.22. The normalized spacial score (nSPS) is 10.2. The van der Waals surface area contributed by atoms with Gasteiger partial charge in [-0.25, -0.2) is 0 Å². The van der Waals surface area contributed by atoms with Crippen molar-refractivity contribution in [1.29, 1.82) is 0 Å². The van der Waals surface area contributed by atoms with Crippen LogP contribution in [0.15, 0.2) is 42.5 Å². The molecule has 4 nitrogen and oxygen atoms in total. The molecule has 17 heavy (non-hydrogen) atoms. The van der Waals surface area contributed by atoms with Crippen LogP contribution in [0.1, 0.15) is 13.3 Å². The van der Waals surface area contributed by atoms with Crippen molar-refractivity contribution in [2.75, 3.05) is 11.9 Å². The lowest BCUT2D eigenvalue weighted by Crippen LogP contribution is -2.09. The summed E-state index contributed by atoms with van der Waals surface area (Å²) >= 11 is 0. The molecule has 0 aliphatic carbocycles. The number of para-hydroxylation sites is 1. The van der Waals surface area contributed by atoms with Crippen LogP contribution in [0.3, 0.4) is 0 Å². The SMILES string of the molecule is CC(=O)OC/C=C/CC(=O)Nc1ccccc1. The minimum Gasteiger partial charge on any atom is -0.462 e. The fourth-order valence-electron chi connectivity index (χ4n) is 1.16. The maximum absolute atomic E-state index is 11.4. The van der Waals surface area contributed by atoms with Gasteiger partial charge in [-0.05, 0) is 12.1 Å². The second-order valence-corrected chi connectivity index (χ2v) is 3.39. The molecule has 0 unspecified atom stereocenters. The van der Waals surface area contributed by atoms with E-state index in [2.05, 4.69) is 10.1 Å². The van der Waals surface area contributed by atoms with E-state index in [-0.39, 0.29) is 24.9 Å². The first-order valence-corrected chi connectivity index (χ1v) is 5.32. The van der Waals surface area contributed by atoms with Crippen LogP contribution in [0.5, 0.6) is 0 Å². The molecule has 0 radical (unpaired) electrons. The molecule has 0 fully saturated rings. The highest BCUT2D eigenvalue weighted by Crippen LogP contribution is 2.05. The number of esters is 1. The third-order valence-corrected chi connectivity index (χ3v) is 1.91. The van der Waals surface area contributed by atoms with Crippen molar-refractivity contribution >= 4 is 17.6 Å². The van der Waals surface area contributed by atoms with Crippen LogP contribution in [-0.2, 0) is 14.3 Å². The number of hydrogen-bond acceptors (Lipinski definition) is 3. The van der Waals surface area contributed by atoms with Gasteiger partial charge in [0.2, 0.25) is 5.91 Å². The Bertz CT molecular complexity index is 398. The van der Waals surface area contributed by atoms with Gasteiger partial charge in [0.25, 0.3) is 0 Å². The zero-order chi connectivity index (χ0) is 12.5. The molecule has 1 rings (SSSR count). The summed E-state index contributed by atoms with van der Waals surface area (Å²) in [6, 6.07) is 9.23. The Morgan fingerprint density at radius 2 is 1.94 bits per heavy atom. The van der Waals surface area contributed by atoms with Crippen LogP contribution in [0.2, 0.25) is 0 Å². The molecule has 0 aromatic heterocycles. The van der Waals surface area contributed by atoms with Crippen LogP contribution >= 0.6 is 0 Å². The van der Waals surface area contributed by atoms with Crippen molar-refractivity contribution in [2.24, 2.45) is 0 Å². The minimum absolute atomic E-state index is 0.102. The third-order valence-electron chi connectivity index (χ3n) is 1.91. The van der Waals surface area contributed by atoms with E-state index < -0.39 is 0 Å². The van der Waals surface area contributed by atoms with E-state index >= 15 is 0 Å². The smallest absolute Gasteiger partial charge is 0.302 e. The molecule has 1 aromatic carbocycles. The predicted molar refractivity (Wildman–Crippen MR) is 65.5 cm³/mol. The van der Waals surface area contributed by atoms with Crippen molar-refractivity contribution in [3.05, 3.63) is 42.5 Å². The van der Waals surface area contributed by atoms with Gasteiger partial charge in [-0.3, -0.25) is 9.59 Å². The topological polar surface area (TPSA) is 55.4 Å². The molecule has 4 heteroatoms. The van der Waals surface area contributed by atoms with E-state index in [0.717, 1.165) is 5.69 Å². The Balaban J connectivity index is 2.24. The summed E-state index contributed by atoms with van der Waals surface area (Å²) in [7, 11) is 0. The maximum atomic E-state index is 11.4. The lowest BCUT2D eigenvalue weighted by atomic mass is 10.3. The minimum atomic E-state index is -0.330. The quantitative estimate of drug-likeness (QED) is 0.626. The first-order valence-electron chi connectivity index (χ1n) is 5.32. The lowest BCUT2D eigenvalue weighted by molar-refractivity contribution is -0.139. The third kappa shape index (κ3) is 6.14. The van der Waals surface area contributed by atoms with Gasteiger partial charge >= 0.3 is 5.97 Å². The fourth-order valence-corrected chi connectivity index (χ4v) is 1.16. The summed E-state index contributed by atoms with van der Waals surface area (Å²) in [6.07, 6.45) is 3.57. The van der Waals surface area contributed by atoms with E-state index in [4.69, 9.17) is 0 Å². The average Bonchev–Trinajstić information content (AvgIpc) is 2.29. The Kier molecular flexibility index (Phi) is 5.51. The molecule has 0 bridgehead atoms. The van der Waals surface area contributed by atoms with Crippen LogP contribution in [0, 0.1) is 0 Å². The molecule has 1 amide bonds. The summed E-state index contributed by atoms with van der Waals surface area (Å²) < 4.78 is 4.68. The highest BCUT2D eigenvalue weighted by atomic mass is 16.5. The van der Waals surface area contributed by atoms with Gasteiger partial charge in [-0.2, -0.15) is 0 Å². The first-order chi connectivity index (χ1) is 8.18. The summed E-state index contributed by atoms with van der Waals surface area (Å²) in [6.45, 7) is 1.55. The van der Waals surface area contributed by atoms with Crippen molar-refractivity contribution in [1.82, 2.24) is 0 Å². The monoisotopic (exact) mass is 233 g/mol. The zero-order valence-electron chi connectivity index (χ0n) is 9.68. The largest absolute Gasteiger partial charge is 0.462 e. The van der Waals surface area contributed by atoms with Gasteiger partial charge in [0.15, 0.2) is 0 Å². The van der Waals surface area contributed by atoms with Gasteiger partial charge < -0.3 is 10.1 Å². The van der Waals surface area contributed by atoms with E-state index in [1.54, 1.807) is 12.2 Å². The lowest BCUT2D eigenvalue weighted by Gasteiger charge is -2.02. The summed E-state index contributed by atoms with van der Waals surface area (Å²) in [4.78, 5) is 21.9. The van der Waals surface area contributed by atoms with Crippen molar-refractivity contribution in [3.63, 3.8) is 0 Å². The molecular weight excluding hydrogens is 218 g/mol. The van der Waals surface area contributed by atoms with Crippen LogP contribution in [-0.4, -0.2) is 18.5 Å². The van der Waals surface area contributed by atoms with Crippen LogP contribution < -0.4 is 5.32 Å². The van der Waals surface area contributed by atoms with E-state index in [1.807, 2.05) is 30.3 Å². The van der Waals surface area contributed by atoms with Gasteiger partial charge in [0, 0.05) is 19.0 Å². The van der Waals surface area contributed by atoms with E-state index in [1.165, 1.54) is 6.92 Å². The molecule has 1 N–H and O–H groups in total. The van der Waals surface area contributed by atoms with Crippen LogP contribution in [0.4, 0.5) is 5.69 Å². The van der Waals surface area contributed by atoms with E-state index in [9.17, 15) is 9.59 Å². The number of amides is 1. The zero-order valence-corrected chi connectivity index (χ0v) is 9.68. The number of nitrogens with one attached hydrogen (secondary N) is 1. The Hall–Kier alpha value is -2.10. The Labute approximate surface area is 100 Å². The Morgan fingerprint density at radius 1 is 1.24 bits per heavy atom. The first kappa shape index (κ1) is 13.0. The molecule has 0 saturated heterocycles. The molecule has 0 atom stereocenters. The molecule has 0 saturated carbocycles. The summed E-state index contributed by atoms with van der Waals surface area (Å²) in [5.74, 6) is -0.432. The number of carbonyl (C=O) groups is 2. The molecular formula is C13H15NO3. The summed E-state index contributed by atoms with van der Waals surface area (Å²) in [5.41, 5.74) is 0.769. The Morgan fingerprint density at radius 3 is 2.59 bits per heavy atom. The molecule has 0 aliphatic rings. The number of anilines is 1. The van der Waals surface area contributed by atoms with Gasteiger partial charge in [-0.15, -0.1) is 0 Å². The molecule has 0 heterocycles. The maximum Gasteiger partial charge on any atom is 0.302 e. The van der Waals surface area contributed by atoms with Gasteiger partial charge in [-0.1, -0.05) is 30.4 Å². The molecule has 90 valence electrons.